The predicted octanol–water partition coefficient (Wildman–Crippen LogP) is 3.74. The van der Waals surface area contributed by atoms with Gasteiger partial charge in [0.15, 0.2) is 0 Å². The molecule has 0 saturated carbocycles. The highest BCUT2D eigenvalue weighted by atomic mass is 16.3. The molecule has 3 nitrogen and oxygen atoms in total. The van der Waals surface area contributed by atoms with Gasteiger partial charge in [0.05, 0.1) is 0 Å². The monoisotopic (exact) mass is 275 g/mol. The van der Waals surface area contributed by atoms with Gasteiger partial charge in [-0.25, -0.2) is 0 Å². The molecule has 20 heavy (non-hydrogen) atoms. The van der Waals surface area contributed by atoms with E-state index < -0.39 is 0 Å². The van der Waals surface area contributed by atoms with Crippen LogP contribution in [0.3, 0.4) is 0 Å². The number of aromatic hydroxyl groups is 1. The fourth-order valence-electron chi connectivity index (χ4n) is 3.07. The van der Waals surface area contributed by atoms with Crippen LogP contribution in [-0.2, 0) is 0 Å². The molecule has 0 atom stereocenters. The number of benzene rings is 1. The number of likely N-dealkylation sites (tertiary alicyclic amines) is 1. The quantitative estimate of drug-likeness (QED) is 0.912. The molecule has 1 amide bonds. The molecule has 3 heteroatoms. The van der Waals surface area contributed by atoms with Crippen molar-refractivity contribution in [1.82, 2.24) is 4.90 Å². The van der Waals surface area contributed by atoms with E-state index in [4.69, 9.17) is 0 Å². The molecule has 0 radical (unpaired) electrons. The van der Waals surface area contributed by atoms with E-state index in [2.05, 4.69) is 13.8 Å². The molecule has 1 saturated heterocycles. The van der Waals surface area contributed by atoms with Crippen molar-refractivity contribution in [2.24, 2.45) is 5.41 Å². The molecular formula is C17H25NO2. The average molecular weight is 275 g/mol. The summed E-state index contributed by atoms with van der Waals surface area (Å²) in [5, 5.41) is 9.74. The molecule has 0 unspecified atom stereocenters. The van der Waals surface area contributed by atoms with Crippen LogP contribution in [0.2, 0.25) is 0 Å². The van der Waals surface area contributed by atoms with E-state index in [1.54, 1.807) is 18.2 Å². The first-order valence-electron chi connectivity index (χ1n) is 7.60. The van der Waals surface area contributed by atoms with Crippen LogP contribution in [0, 0.1) is 12.3 Å². The van der Waals surface area contributed by atoms with Crippen LogP contribution < -0.4 is 0 Å². The molecule has 1 aromatic carbocycles. The highest BCUT2D eigenvalue weighted by Crippen LogP contribution is 2.38. The van der Waals surface area contributed by atoms with Crippen molar-refractivity contribution in [3.63, 3.8) is 0 Å². The third kappa shape index (κ3) is 2.82. The van der Waals surface area contributed by atoms with Gasteiger partial charge in [-0.2, -0.15) is 0 Å². The maximum absolute atomic E-state index is 12.5. The minimum Gasteiger partial charge on any atom is -0.508 e. The number of phenolic OH excluding ortho intramolecular Hbond substituents is 1. The van der Waals surface area contributed by atoms with Gasteiger partial charge in [-0.3, -0.25) is 4.79 Å². The Labute approximate surface area is 121 Å². The number of hydrogen-bond acceptors (Lipinski definition) is 2. The molecule has 0 spiro atoms. The van der Waals surface area contributed by atoms with E-state index in [1.807, 2.05) is 11.8 Å². The van der Waals surface area contributed by atoms with Crippen LogP contribution in [-0.4, -0.2) is 29.0 Å². The molecule has 0 aromatic heterocycles. The Morgan fingerprint density at radius 2 is 1.85 bits per heavy atom. The van der Waals surface area contributed by atoms with Gasteiger partial charge in [-0.05, 0) is 42.9 Å². The molecule has 1 N–H and O–H groups in total. The summed E-state index contributed by atoms with van der Waals surface area (Å²) in [5.41, 5.74) is 1.82. The highest BCUT2D eigenvalue weighted by Gasteiger charge is 2.33. The smallest absolute Gasteiger partial charge is 0.253 e. The van der Waals surface area contributed by atoms with Gasteiger partial charge in [0.2, 0.25) is 0 Å². The molecule has 0 bridgehead atoms. The normalized spacial score (nSPS) is 18.1. The minimum absolute atomic E-state index is 0.0427. The number of amides is 1. The Balaban J connectivity index is 2.06. The lowest BCUT2D eigenvalue weighted by molar-refractivity contribution is 0.0557. The van der Waals surface area contributed by atoms with Gasteiger partial charge in [-0.1, -0.05) is 32.8 Å². The second kappa shape index (κ2) is 5.86. The summed E-state index contributed by atoms with van der Waals surface area (Å²) in [6, 6.07) is 5.19. The van der Waals surface area contributed by atoms with Crippen LogP contribution in [0.5, 0.6) is 5.75 Å². The Morgan fingerprint density at radius 3 is 2.35 bits per heavy atom. The second-order valence-corrected chi connectivity index (χ2v) is 6.00. The molecule has 2 rings (SSSR count). The maximum Gasteiger partial charge on any atom is 0.253 e. The van der Waals surface area contributed by atoms with Crippen molar-refractivity contribution in [3.8, 4) is 5.75 Å². The van der Waals surface area contributed by atoms with Gasteiger partial charge in [0, 0.05) is 18.7 Å². The zero-order valence-corrected chi connectivity index (χ0v) is 12.8. The lowest BCUT2D eigenvalue weighted by atomic mass is 9.74. The molecule has 1 aliphatic rings. The molecule has 1 fully saturated rings. The number of piperidine rings is 1. The van der Waals surface area contributed by atoms with Crippen molar-refractivity contribution in [1.29, 1.82) is 0 Å². The lowest BCUT2D eigenvalue weighted by Crippen LogP contribution is -2.42. The lowest BCUT2D eigenvalue weighted by Gasteiger charge is -2.41. The van der Waals surface area contributed by atoms with Crippen LogP contribution in [0.4, 0.5) is 0 Å². The van der Waals surface area contributed by atoms with Crippen molar-refractivity contribution >= 4 is 5.91 Å². The number of aryl methyl sites for hydroxylation is 1. The number of carbonyl (C=O) groups is 1. The molecule has 1 aliphatic heterocycles. The third-order valence-electron chi connectivity index (χ3n) is 5.07. The summed E-state index contributed by atoms with van der Waals surface area (Å²) >= 11 is 0. The second-order valence-electron chi connectivity index (χ2n) is 6.00. The Kier molecular flexibility index (Phi) is 4.36. The summed E-state index contributed by atoms with van der Waals surface area (Å²) in [5.74, 6) is 0.241. The fourth-order valence-corrected chi connectivity index (χ4v) is 3.07. The summed E-state index contributed by atoms with van der Waals surface area (Å²) < 4.78 is 0. The van der Waals surface area contributed by atoms with E-state index in [0.29, 0.717) is 11.0 Å². The summed E-state index contributed by atoms with van der Waals surface area (Å²) in [6.07, 6.45) is 4.56. The average Bonchev–Trinajstić information content (AvgIpc) is 2.49. The minimum atomic E-state index is 0.0427. The van der Waals surface area contributed by atoms with Gasteiger partial charge in [0.25, 0.3) is 5.91 Å². The fraction of sp³-hybridized carbons (Fsp3) is 0.588. The van der Waals surface area contributed by atoms with Gasteiger partial charge in [-0.15, -0.1) is 0 Å². The van der Waals surface area contributed by atoms with Crippen LogP contribution in [0.1, 0.15) is 55.5 Å². The van der Waals surface area contributed by atoms with Gasteiger partial charge in [0.1, 0.15) is 5.75 Å². The Bertz CT molecular complexity index is 482. The van der Waals surface area contributed by atoms with E-state index in [9.17, 15) is 9.90 Å². The first kappa shape index (κ1) is 14.9. The van der Waals surface area contributed by atoms with E-state index in [0.717, 1.165) is 31.5 Å². The number of nitrogens with zero attached hydrogens (tertiary/aromatic N) is 1. The molecule has 0 aliphatic carbocycles. The first-order valence-corrected chi connectivity index (χ1v) is 7.60. The van der Waals surface area contributed by atoms with E-state index in [-0.39, 0.29) is 11.7 Å². The highest BCUT2D eigenvalue weighted by molar-refractivity contribution is 5.94. The first-order chi connectivity index (χ1) is 9.51. The van der Waals surface area contributed by atoms with Crippen molar-refractivity contribution < 1.29 is 9.90 Å². The summed E-state index contributed by atoms with van der Waals surface area (Å²) in [4.78, 5) is 14.4. The number of phenols is 1. The van der Waals surface area contributed by atoms with E-state index in [1.165, 1.54) is 12.8 Å². The Hall–Kier alpha value is -1.51. The van der Waals surface area contributed by atoms with E-state index >= 15 is 0 Å². The summed E-state index contributed by atoms with van der Waals surface area (Å²) in [7, 11) is 0. The van der Waals surface area contributed by atoms with Crippen LogP contribution in [0.25, 0.3) is 0 Å². The SMILES string of the molecule is CCC1(CC)CCN(C(=O)c2ccc(C)c(O)c2)CC1. The zero-order valence-electron chi connectivity index (χ0n) is 12.8. The number of hydrogen-bond donors (Lipinski definition) is 1. The largest absolute Gasteiger partial charge is 0.508 e. The number of carbonyl (C=O) groups excluding carboxylic acids is 1. The van der Waals surface area contributed by atoms with Gasteiger partial charge < -0.3 is 10.0 Å². The zero-order chi connectivity index (χ0) is 14.8. The predicted molar refractivity (Wildman–Crippen MR) is 81.0 cm³/mol. The molecule has 1 aromatic rings. The van der Waals surface area contributed by atoms with Crippen molar-refractivity contribution in [2.75, 3.05) is 13.1 Å². The maximum atomic E-state index is 12.5. The molecular weight excluding hydrogens is 250 g/mol. The van der Waals surface area contributed by atoms with Crippen LogP contribution in [0.15, 0.2) is 18.2 Å². The van der Waals surface area contributed by atoms with Crippen molar-refractivity contribution in [3.05, 3.63) is 29.3 Å². The summed E-state index contributed by atoms with van der Waals surface area (Å²) in [6.45, 7) is 7.99. The molecule has 110 valence electrons. The molecule has 1 heterocycles. The van der Waals surface area contributed by atoms with Crippen LogP contribution >= 0.6 is 0 Å². The number of rotatable bonds is 3. The topological polar surface area (TPSA) is 40.5 Å². The van der Waals surface area contributed by atoms with Crippen molar-refractivity contribution in [2.45, 2.75) is 46.5 Å². The standard InChI is InChI=1S/C17H25NO2/c1-4-17(5-2)8-10-18(11-9-17)16(20)14-7-6-13(3)15(19)12-14/h6-7,12,19H,4-5,8-11H2,1-3H3. The third-order valence-corrected chi connectivity index (χ3v) is 5.07. The Morgan fingerprint density at radius 1 is 1.25 bits per heavy atom. The van der Waals surface area contributed by atoms with Gasteiger partial charge >= 0.3 is 0 Å².